The van der Waals surface area contributed by atoms with Crippen LogP contribution >= 0.6 is 34.5 Å². The molecule has 0 aromatic carbocycles. The van der Waals surface area contributed by atoms with Crippen molar-refractivity contribution in [3.05, 3.63) is 50.3 Å². The van der Waals surface area contributed by atoms with Crippen LogP contribution in [0, 0.1) is 6.92 Å². The van der Waals surface area contributed by atoms with Crippen molar-refractivity contribution < 1.29 is 9.90 Å². The minimum absolute atomic E-state index is 0.0871. The SMILES string of the molecule is Cc1nc(-c2cnccn2)n(Cc2cc(Cl)sc2Cl)c1C(=O)O. The summed E-state index contributed by atoms with van der Waals surface area (Å²) in [6.45, 7) is 1.87. The van der Waals surface area contributed by atoms with Crippen molar-refractivity contribution in [2.75, 3.05) is 0 Å². The van der Waals surface area contributed by atoms with E-state index in [-0.39, 0.29) is 12.2 Å². The zero-order chi connectivity index (χ0) is 16.6. The first kappa shape index (κ1) is 15.9. The summed E-state index contributed by atoms with van der Waals surface area (Å²) in [5, 5.41) is 9.51. The highest BCUT2D eigenvalue weighted by Gasteiger charge is 2.23. The lowest BCUT2D eigenvalue weighted by Gasteiger charge is -2.09. The largest absolute Gasteiger partial charge is 0.477 e. The second kappa shape index (κ2) is 6.27. The lowest BCUT2D eigenvalue weighted by Crippen LogP contribution is -2.12. The molecule has 1 N–H and O–H groups in total. The Labute approximate surface area is 145 Å². The number of imidazole rings is 1. The molecule has 9 heteroatoms. The van der Waals surface area contributed by atoms with E-state index in [1.54, 1.807) is 17.6 Å². The quantitative estimate of drug-likeness (QED) is 0.757. The highest BCUT2D eigenvalue weighted by molar-refractivity contribution is 7.20. The van der Waals surface area contributed by atoms with Gasteiger partial charge in [0.1, 0.15) is 5.69 Å². The first-order chi connectivity index (χ1) is 11.0. The van der Waals surface area contributed by atoms with Gasteiger partial charge in [0.15, 0.2) is 11.5 Å². The Morgan fingerprint density at radius 2 is 2.17 bits per heavy atom. The average molecular weight is 369 g/mol. The number of rotatable bonds is 4. The predicted octanol–water partition coefficient (Wildman–Crippen LogP) is 3.76. The summed E-state index contributed by atoms with van der Waals surface area (Å²) >= 11 is 13.4. The lowest BCUT2D eigenvalue weighted by molar-refractivity contribution is 0.0685. The van der Waals surface area contributed by atoms with Gasteiger partial charge in [-0.05, 0) is 13.0 Å². The molecule has 0 fully saturated rings. The second-order valence-corrected chi connectivity index (χ2v) is 6.99. The molecule has 0 atom stereocenters. The summed E-state index contributed by atoms with van der Waals surface area (Å²) < 4.78 is 2.62. The minimum Gasteiger partial charge on any atom is -0.477 e. The van der Waals surface area contributed by atoms with E-state index in [4.69, 9.17) is 23.2 Å². The molecule has 3 aromatic rings. The van der Waals surface area contributed by atoms with Crippen molar-refractivity contribution in [1.29, 1.82) is 0 Å². The van der Waals surface area contributed by atoms with E-state index in [9.17, 15) is 9.90 Å². The molecule has 23 heavy (non-hydrogen) atoms. The van der Waals surface area contributed by atoms with Gasteiger partial charge in [0.05, 0.1) is 27.1 Å². The van der Waals surface area contributed by atoms with Crippen LogP contribution < -0.4 is 0 Å². The smallest absolute Gasteiger partial charge is 0.354 e. The molecule has 0 unspecified atom stereocenters. The fourth-order valence-corrected chi connectivity index (χ4v) is 3.73. The van der Waals surface area contributed by atoms with Gasteiger partial charge < -0.3 is 9.67 Å². The predicted molar refractivity (Wildman–Crippen MR) is 88.4 cm³/mol. The van der Waals surface area contributed by atoms with Crippen LogP contribution in [0.15, 0.2) is 24.7 Å². The number of thiophene rings is 1. The number of halogens is 2. The molecule has 118 valence electrons. The van der Waals surface area contributed by atoms with Crippen LogP contribution in [0.5, 0.6) is 0 Å². The Morgan fingerprint density at radius 1 is 1.39 bits per heavy atom. The number of carboxylic acid groups (broad SMARTS) is 1. The molecule has 0 amide bonds. The van der Waals surface area contributed by atoms with Gasteiger partial charge in [0, 0.05) is 18.0 Å². The molecule has 6 nitrogen and oxygen atoms in total. The molecule has 0 aliphatic rings. The zero-order valence-electron chi connectivity index (χ0n) is 11.8. The third-order valence-electron chi connectivity index (χ3n) is 3.19. The van der Waals surface area contributed by atoms with E-state index in [0.29, 0.717) is 25.9 Å². The Balaban J connectivity index is 2.16. The molecule has 0 spiro atoms. The number of hydrogen-bond acceptors (Lipinski definition) is 5. The van der Waals surface area contributed by atoms with E-state index < -0.39 is 5.97 Å². The molecular weight excluding hydrogens is 359 g/mol. The van der Waals surface area contributed by atoms with E-state index >= 15 is 0 Å². The summed E-state index contributed by atoms with van der Waals surface area (Å²) in [6.07, 6.45) is 4.60. The van der Waals surface area contributed by atoms with Crippen LogP contribution in [0.25, 0.3) is 11.5 Å². The van der Waals surface area contributed by atoms with E-state index in [0.717, 1.165) is 5.56 Å². The maximum absolute atomic E-state index is 11.6. The fraction of sp³-hybridized carbons (Fsp3) is 0.143. The maximum Gasteiger partial charge on any atom is 0.354 e. The van der Waals surface area contributed by atoms with Gasteiger partial charge in [0.25, 0.3) is 0 Å². The highest BCUT2D eigenvalue weighted by atomic mass is 35.5. The van der Waals surface area contributed by atoms with Gasteiger partial charge in [-0.15, -0.1) is 11.3 Å². The van der Waals surface area contributed by atoms with Crippen molar-refractivity contribution in [3.63, 3.8) is 0 Å². The normalized spacial score (nSPS) is 10.9. The summed E-state index contributed by atoms with van der Waals surface area (Å²) in [5.41, 5.74) is 1.70. The van der Waals surface area contributed by atoms with Crippen LogP contribution in [-0.2, 0) is 6.54 Å². The molecule has 3 heterocycles. The molecule has 0 aliphatic carbocycles. The maximum atomic E-state index is 11.6. The number of hydrogen-bond donors (Lipinski definition) is 1. The number of aromatic nitrogens is 4. The first-order valence-corrected chi connectivity index (χ1v) is 8.05. The number of aromatic carboxylic acids is 1. The van der Waals surface area contributed by atoms with Gasteiger partial charge in [0.2, 0.25) is 0 Å². The summed E-state index contributed by atoms with van der Waals surface area (Å²) in [4.78, 5) is 24.2. The molecule has 0 saturated carbocycles. The van der Waals surface area contributed by atoms with Crippen LogP contribution in [0.3, 0.4) is 0 Å². The van der Waals surface area contributed by atoms with Crippen LogP contribution in [-0.4, -0.2) is 30.6 Å². The lowest BCUT2D eigenvalue weighted by atomic mass is 10.3. The Kier molecular flexibility index (Phi) is 4.34. The van der Waals surface area contributed by atoms with Gasteiger partial charge in [-0.1, -0.05) is 23.2 Å². The molecule has 0 saturated heterocycles. The number of carbonyl (C=O) groups is 1. The van der Waals surface area contributed by atoms with E-state index in [1.807, 2.05) is 0 Å². The summed E-state index contributed by atoms with van der Waals surface area (Å²) in [5.74, 6) is -0.644. The average Bonchev–Trinajstić information content (AvgIpc) is 3.00. The highest BCUT2D eigenvalue weighted by Crippen LogP contribution is 2.33. The molecule has 3 rings (SSSR count). The third-order valence-corrected chi connectivity index (χ3v) is 4.76. The third kappa shape index (κ3) is 3.08. The molecule has 3 aromatic heterocycles. The monoisotopic (exact) mass is 368 g/mol. The van der Waals surface area contributed by atoms with Crippen LogP contribution in [0.4, 0.5) is 0 Å². The van der Waals surface area contributed by atoms with Gasteiger partial charge >= 0.3 is 5.97 Å². The number of aryl methyl sites for hydroxylation is 1. The molecule has 0 aliphatic heterocycles. The number of nitrogens with zero attached hydrogens (tertiary/aromatic N) is 4. The standard InChI is InChI=1S/C14H10Cl2N4O2S/c1-7-11(14(21)22)20(6-8-4-10(15)23-12(8)16)13(19-7)9-5-17-2-3-18-9/h2-5H,6H2,1H3,(H,21,22). The van der Waals surface area contributed by atoms with Crippen molar-refractivity contribution in [1.82, 2.24) is 19.5 Å². The Morgan fingerprint density at radius 3 is 2.74 bits per heavy atom. The first-order valence-electron chi connectivity index (χ1n) is 6.48. The van der Waals surface area contributed by atoms with Crippen LogP contribution in [0.1, 0.15) is 21.7 Å². The van der Waals surface area contributed by atoms with Crippen molar-refractivity contribution >= 4 is 40.5 Å². The minimum atomic E-state index is -1.07. The molecule has 0 bridgehead atoms. The fourth-order valence-electron chi connectivity index (χ4n) is 2.26. The molecule has 0 radical (unpaired) electrons. The van der Waals surface area contributed by atoms with E-state index in [1.165, 1.54) is 29.9 Å². The zero-order valence-corrected chi connectivity index (χ0v) is 14.2. The Hall–Kier alpha value is -1.96. The van der Waals surface area contributed by atoms with Crippen molar-refractivity contribution in [3.8, 4) is 11.5 Å². The number of carboxylic acids is 1. The van der Waals surface area contributed by atoms with Gasteiger partial charge in [-0.3, -0.25) is 4.98 Å². The van der Waals surface area contributed by atoms with Crippen molar-refractivity contribution in [2.45, 2.75) is 13.5 Å². The summed E-state index contributed by atoms with van der Waals surface area (Å²) in [6, 6.07) is 1.72. The van der Waals surface area contributed by atoms with Gasteiger partial charge in [-0.25, -0.2) is 14.8 Å². The van der Waals surface area contributed by atoms with E-state index in [2.05, 4.69) is 15.0 Å². The topological polar surface area (TPSA) is 80.9 Å². The Bertz CT molecular complexity index is 877. The summed E-state index contributed by atoms with van der Waals surface area (Å²) in [7, 11) is 0. The van der Waals surface area contributed by atoms with Crippen molar-refractivity contribution in [2.24, 2.45) is 0 Å². The molecular formula is C14H10Cl2N4O2S. The second-order valence-electron chi connectivity index (χ2n) is 4.70. The van der Waals surface area contributed by atoms with Gasteiger partial charge in [-0.2, -0.15) is 0 Å². The van der Waals surface area contributed by atoms with Crippen LogP contribution in [0.2, 0.25) is 8.67 Å².